The molecule has 2 aliphatic rings. The normalized spacial score (nSPS) is 26.0. The first-order valence-electron chi connectivity index (χ1n) is 8.79. The van der Waals surface area contributed by atoms with Crippen molar-refractivity contribution in [2.45, 2.75) is 31.4 Å². The molecule has 25 heavy (non-hydrogen) atoms. The Hall–Kier alpha value is -1.76. The molecule has 1 aromatic rings. The Kier molecular flexibility index (Phi) is 5.22. The van der Waals surface area contributed by atoms with Gasteiger partial charge in [-0.2, -0.15) is 0 Å². The van der Waals surface area contributed by atoms with Crippen LogP contribution in [0.3, 0.4) is 0 Å². The highest BCUT2D eigenvalue weighted by atomic mass is 16.5. The number of nitrogens with zero attached hydrogens (tertiary/aromatic N) is 2. The minimum absolute atomic E-state index is 0.188. The average molecular weight is 346 g/mol. The summed E-state index contributed by atoms with van der Waals surface area (Å²) in [6.07, 6.45) is 0.280. The van der Waals surface area contributed by atoms with Crippen LogP contribution in [0.15, 0.2) is 24.3 Å². The average Bonchev–Trinajstić information content (AvgIpc) is 2.85. The highest BCUT2D eigenvalue weighted by Gasteiger charge is 2.52. The Morgan fingerprint density at radius 2 is 1.88 bits per heavy atom. The first-order valence-corrected chi connectivity index (χ1v) is 8.79. The standard InChI is InChI=1S/C19H26N2O4/c1-14(22)17(19(24)7-8-20(2)18(19)23)16-5-3-15(4-6-16)13-21-9-11-25-12-10-21/h3-6,17,24H,7-13H2,1-2H3/t17-,19-/m1/s1. The highest BCUT2D eigenvalue weighted by Crippen LogP contribution is 2.37. The Morgan fingerprint density at radius 1 is 1.24 bits per heavy atom. The predicted octanol–water partition coefficient (Wildman–Crippen LogP) is 0.785. The lowest BCUT2D eigenvalue weighted by molar-refractivity contribution is -0.148. The van der Waals surface area contributed by atoms with Gasteiger partial charge in [0.15, 0.2) is 5.60 Å². The fourth-order valence-corrected chi connectivity index (χ4v) is 3.82. The van der Waals surface area contributed by atoms with E-state index in [1.807, 2.05) is 24.3 Å². The quantitative estimate of drug-likeness (QED) is 0.853. The summed E-state index contributed by atoms with van der Waals surface area (Å²) in [6, 6.07) is 7.69. The Morgan fingerprint density at radius 3 is 2.40 bits per heavy atom. The van der Waals surface area contributed by atoms with Crippen molar-refractivity contribution in [2.75, 3.05) is 39.9 Å². The molecule has 2 atom stereocenters. The molecule has 0 bridgehead atoms. The number of ketones is 1. The van der Waals surface area contributed by atoms with Gasteiger partial charge in [-0.1, -0.05) is 24.3 Å². The number of likely N-dealkylation sites (tertiary alicyclic amines) is 1. The third kappa shape index (κ3) is 3.61. The van der Waals surface area contributed by atoms with Crippen molar-refractivity contribution >= 4 is 11.7 Å². The SMILES string of the molecule is CC(=O)[C@H](c1ccc(CN2CCOCC2)cc1)[C@]1(O)CCN(C)C1=O. The predicted molar refractivity (Wildman–Crippen MR) is 93.2 cm³/mol. The van der Waals surface area contributed by atoms with Gasteiger partial charge in [0, 0.05) is 39.6 Å². The maximum Gasteiger partial charge on any atom is 0.255 e. The second-order valence-corrected chi connectivity index (χ2v) is 7.07. The van der Waals surface area contributed by atoms with Gasteiger partial charge in [0.2, 0.25) is 0 Å². The van der Waals surface area contributed by atoms with Crippen LogP contribution in [0.4, 0.5) is 0 Å². The van der Waals surface area contributed by atoms with Crippen LogP contribution >= 0.6 is 0 Å². The van der Waals surface area contributed by atoms with Crippen molar-refractivity contribution in [2.24, 2.45) is 0 Å². The van der Waals surface area contributed by atoms with E-state index < -0.39 is 11.5 Å². The van der Waals surface area contributed by atoms with Crippen LogP contribution in [0.1, 0.15) is 30.4 Å². The number of rotatable bonds is 5. The molecule has 136 valence electrons. The number of ether oxygens (including phenoxy) is 1. The molecule has 0 aliphatic carbocycles. The number of likely N-dealkylation sites (N-methyl/N-ethyl adjacent to an activating group) is 1. The molecular weight excluding hydrogens is 320 g/mol. The van der Waals surface area contributed by atoms with Crippen LogP contribution < -0.4 is 0 Å². The zero-order chi connectivity index (χ0) is 18.0. The van der Waals surface area contributed by atoms with Gasteiger partial charge in [-0.3, -0.25) is 14.5 Å². The zero-order valence-electron chi connectivity index (χ0n) is 14.9. The summed E-state index contributed by atoms with van der Waals surface area (Å²) in [5, 5.41) is 10.9. The number of hydrogen-bond acceptors (Lipinski definition) is 5. The van der Waals surface area contributed by atoms with E-state index in [-0.39, 0.29) is 18.1 Å². The van der Waals surface area contributed by atoms with Crippen LogP contribution in [0.25, 0.3) is 0 Å². The van der Waals surface area contributed by atoms with Crippen LogP contribution in [0, 0.1) is 0 Å². The minimum atomic E-state index is -1.63. The second kappa shape index (κ2) is 7.23. The molecule has 2 aliphatic heterocycles. The van der Waals surface area contributed by atoms with Gasteiger partial charge >= 0.3 is 0 Å². The third-order valence-corrected chi connectivity index (χ3v) is 5.25. The largest absolute Gasteiger partial charge is 0.379 e. The number of amides is 1. The van der Waals surface area contributed by atoms with Gasteiger partial charge in [0.1, 0.15) is 5.78 Å². The molecular formula is C19H26N2O4. The first-order chi connectivity index (χ1) is 11.9. The lowest BCUT2D eigenvalue weighted by Crippen LogP contribution is -2.46. The molecule has 3 rings (SSSR count). The fourth-order valence-electron chi connectivity index (χ4n) is 3.82. The smallest absolute Gasteiger partial charge is 0.255 e. The lowest BCUT2D eigenvalue weighted by atomic mass is 9.78. The number of hydrogen-bond donors (Lipinski definition) is 1. The van der Waals surface area contributed by atoms with Crippen molar-refractivity contribution in [3.8, 4) is 0 Å². The van der Waals surface area contributed by atoms with Gasteiger partial charge < -0.3 is 14.7 Å². The topological polar surface area (TPSA) is 70.1 Å². The number of benzene rings is 1. The van der Waals surface area contributed by atoms with Gasteiger partial charge in [0.25, 0.3) is 5.91 Å². The molecule has 6 nitrogen and oxygen atoms in total. The number of aliphatic hydroxyl groups is 1. The summed E-state index contributed by atoms with van der Waals surface area (Å²) in [5.74, 6) is -1.38. The maximum absolute atomic E-state index is 12.4. The molecule has 0 saturated carbocycles. The van der Waals surface area contributed by atoms with Crippen molar-refractivity contribution in [3.05, 3.63) is 35.4 Å². The van der Waals surface area contributed by atoms with Crippen molar-refractivity contribution in [1.29, 1.82) is 0 Å². The summed E-state index contributed by atoms with van der Waals surface area (Å²) < 4.78 is 5.36. The molecule has 6 heteroatoms. The number of carbonyl (C=O) groups is 2. The molecule has 0 radical (unpaired) electrons. The maximum atomic E-state index is 12.4. The number of carbonyl (C=O) groups excluding carboxylic acids is 2. The van der Waals surface area contributed by atoms with E-state index in [1.54, 1.807) is 7.05 Å². The molecule has 0 aromatic heterocycles. The van der Waals surface area contributed by atoms with Crippen molar-refractivity contribution in [1.82, 2.24) is 9.80 Å². The van der Waals surface area contributed by atoms with Crippen molar-refractivity contribution in [3.63, 3.8) is 0 Å². The van der Waals surface area contributed by atoms with E-state index in [9.17, 15) is 14.7 Å². The zero-order valence-corrected chi connectivity index (χ0v) is 14.9. The summed E-state index contributed by atoms with van der Waals surface area (Å²) in [7, 11) is 1.66. The number of Topliss-reactive ketones (excluding diaryl/α,β-unsaturated/α-hetero) is 1. The molecule has 0 unspecified atom stereocenters. The van der Waals surface area contributed by atoms with Gasteiger partial charge in [-0.05, 0) is 18.1 Å². The Bertz CT molecular complexity index is 639. The molecule has 1 aromatic carbocycles. The summed E-state index contributed by atoms with van der Waals surface area (Å²) >= 11 is 0. The monoisotopic (exact) mass is 346 g/mol. The lowest BCUT2D eigenvalue weighted by Gasteiger charge is -2.30. The molecule has 2 saturated heterocycles. The molecule has 1 N–H and O–H groups in total. The van der Waals surface area contributed by atoms with Crippen LogP contribution in [-0.2, 0) is 20.9 Å². The van der Waals surface area contributed by atoms with E-state index in [1.165, 1.54) is 11.8 Å². The molecule has 2 heterocycles. The van der Waals surface area contributed by atoms with E-state index >= 15 is 0 Å². The fraction of sp³-hybridized carbons (Fsp3) is 0.579. The molecule has 2 fully saturated rings. The van der Waals surface area contributed by atoms with Crippen LogP contribution in [0.2, 0.25) is 0 Å². The number of morpholine rings is 1. The minimum Gasteiger partial charge on any atom is -0.379 e. The van der Waals surface area contributed by atoms with Gasteiger partial charge in [-0.25, -0.2) is 0 Å². The van der Waals surface area contributed by atoms with Crippen LogP contribution in [0.5, 0.6) is 0 Å². The molecule has 0 spiro atoms. The first kappa shape index (κ1) is 18.0. The Labute approximate surface area is 148 Å². The van der Waals surface area contributed by atoms with E-state index in [0.717, 1.165) is 38.4 Å². The van der Waals surface area contributed by atoms with E-state index in [2.05, 4.69) is 4.90 Å². The van der Waals surface area contributed by atoms with Crippen LogP contribution in [-0.4, -0.2) is 72.1 Å². The van der Waals surface area contributed by atoms with E-state index in [4.69, 9.17) is 4.74 Å². The summed E-state index contributed by atoms with van der Waals surface area (Å²) in [4.78, 5) is 28.4. The summed E-state index contributed by atoms with van der Waals surface area (Å²) in [6.45, 7) is 6.08. The summed E-state index contributed by atoms with van der Waals surface area (Å²) in [5.41, 5.74) is 0.214. The molecule has 1 amide bonds. The highest BCUT2D eigenvalue weighted by molar-refractivity contribution is 5.97. The third-order valence-electron chi connectivity index (χ3n) is 5.25. The van der Waals surface area contributed by atoms with E-state index in [0.29, 0.717) is 12.1 Å². The van der Waals surface area contributed by atoms with Gasteiger partial charge in [0.05, 0.1) is 19.1 Å². The Balaban J connectivity index is 1.78. The second-order valence-electron chi connectivity index (χ2n) is 7.07. The van der Waals surface area contributed by atoms with Crippen molar-refractivity contribution < 1.29 is 19.4 Å². The van der Waals surface area contributed by atoms with Gasteiger partial charge in [-0.15, -0.1) is 0 Å².